The van der Waals surface area contributed by atoms with Crippen LogP contribution >= 0.6 is 0 Å². The van der Waals surface area contributed by atoms with E-state index in [1.54, 1.807) is 0 Å². The van der Waals surface area contributed by atoms with Gasteiger partial charge in [0.15, 0.2) is 0 Å². The minimum absolute atomic E-state index is 0.206. The zero-order valence-corrected chi connectivity index (χ0v) is 13.9. The number of piperazine rings is 1. The zero-order chi connectivity index (χ0) is 16.5. The predicted octanol–water partition coefficient (Wildman–Crippen LogP) is 1.92. The van der Waals surface area contributed by atoms with Gasteiger partial charge in [-0.1, -0.05) is 30.3 Å². The second-order valence-corrected chi connectivity index (χ2v) is 6.89. The fourth-order valence-corrected chi connectivity index (χ4v) is 4.12. The van der Waals surface area contributed by atoms with Gasteiger partial charge in [-0.05, 0) is 35.7 Å². The van der Waals surface area contributed by atoms with Crippen LogP contribution in [-0.4, -0.2) is 48.3 Å². The predicted molar refractivity (Wildman–Crippen MR) is 98.3 cm³/mol. The van der Waals surface area contributed by atoms with Crippen molar-refractivity contribution in [1.82, 2.24) is 4.90 Å². The lowest BCUT2D eigenvalue weighted by Gasteiger charge is -2.43. The van der Waals surface area contributed by atoms with Gasteiger partial charge in [-0.15, -0.1) is 0 Å². The molecule has 0 saturated carbocycles. The first-order valence-corrected chi connectivity index (χ1v) is 8.81. The third-order valence-electron chi connectivity index (χ3n) is 5.50. The van der Waals surface area contributed by atoms with E-state index >= 15 is 0 Å². The standard InChI is InChI=1S/C20H25N3O/c21-18-8-4-5-15-13-19(20(24)14-17(15)18)23-11-9-22(10-12-23)16-6-2-1-3-7-16/h1-8,19-20,24H,9-14,21H2/t19-,20-/m0/s1. The van der Waals surface area contributed by atoms with Crippen LogP contribution in [0.25, 0.3) is 0 Å². The Balaban J connectivity index is 1.44. The first kappa shape index (κ1) is 15.5. The molecule has 0 bridgehead atoms. The molecule has 4 rings (SSSR count). The summed E-state index contributed by atoms with van der Waals surface area (Å²) in [6.45, 7) is 4.01. The Kier molecular flexibility index (Phi) is 4.17. The molecule has 1 fully saturated rings. The van der Waals surface area contributed by atoms with Gasteiger partial charge in [0, 0.05) is 50.0 Å². The van der Waals surface area contributed by atoms with Gasteiger partial charge in [-0.25, -0.2) is 0 Å². The minimum atomic E-state index is -0.328. The summed E-state index contributed by atoms with van der Waals surface area (Å²) < 4.78 is 0. The maximum Gasteiger partial charge on any atom is 0.0739 e. The van der Waals surface area contributed by atoms with E-state index in [0.29, 0.717) is 6.42 Å². The van der Waals surface area contributed by atoms with Crippen LogP contribution in [0.1, 0.15) is 11.1 Å². The number of nitrogen functional groups attached to an aromatic ring is 1. The SMILES string of the molecule is Nc1cccc2c1C[C@H](O)[C@@H](N1CCN(c3ccccc3)CC1)C2. The smallest absolute Gasteiger partial charge is 0.0739 e. The van der Waals surface area contributed by atoms with Crippen LogP contribution in [0.15, 0.2) is 48.5 Å². The molecule has 1 aliphatic heterocycles. The largest absolute Gasteiger partial charge is 0.398 e. The summed E-state index contributed by atoms with van der Waals surface area (Å²) in [4.78, 5) is 4.88. The average molecular weight is 323 g/mol. The summed E-state index contributed by atoms with van der Waals surface area (Å²) in [5.74, 6) is 0. The number of anilines is 2. The number of benzene rings is 2. The van der Waals surface area contributed by atoms with Gasteiger partial charge in [-0.2, -0.15) is 0 Å². The molecular formula is C20H25N3O. The average Bonchev–Trinajstić information content (AvgIpc) is 2.63. The van der Waals surface area contributed by atoms with Crippen molar-refractivity contribution in [1.29, 1.82) is 0 Å². The van der Waals surface area contributed by atoms with E-state index in [9.17, 15) is 5.11 Å². The molecule has 0 spiro atoms. The summed E-state index contributed by atoms with van der Waals surface area (Å²) in [7, 11) is 0. The van der Waals surface area contributed by atoms with Crippen LogP contribution in [0.2, 0.25) is 0 Å². The van der Waals surface area contributed by atoms with Gasteiger partial charge in [0.05, 0.1) is 6.10 Å². The second-order valence-electron chi connectivity index (χ2n) is 6.89. The molecule has 3 N–H and O–H groups in total. The van der Waals surface area contributed by atoms with Crippen molar-refractivity contribution in [3.8, 4) is 0 Å². The Morgan fingerprint density at radius 3 is 2.38 bits per heavy atom. The van der Waals surface area contributed by atoms with E-state index in [1.807, 2.05) is 12.1 Å². The highest BCUT2D eigenvalue weighted by Gasteiger charge is 2.33. The van der Waals surface area contributed by atoms with E-state index in [2.05, 4.69) is 46.2 Å². The second kappa shape index (κ2) is 6.46. The van der Waals surface area contributed by atoms with Gasteiger partial charge in [0.1, 0.15) is 0 Å². The van der Waals surface area contributed by atoms with E-state index in [1.165, 1.54) is 11.3 Å². The molecule has 0 amide bonds. The minimum Gasteiger partial charge on any atom is -0.398 e. The molecular weight excluding hydrogens is 298 g/mol. The Morgan fingerprint density at radius 1 is 0.875 bits per heavy atom. The van der Waals surface area contributed by atoms with E-state index in [-0.39, 0.29) is 12.1 Å². The van der Waals surface area contributed by atoms with Crippen LogP contribution in [0.4, 0.5) is 11.4 Å². The number of nitrogens with two attached hydrogens (primary N) is 1. The van der Waals surface area contributed by atoms with Crippen LogP contribution in [0, 0.1) is 0 Å². The maximum absolute atomic E-state index is 10.7. The Labute approximate surface area is 143 Å². The molecule has 0 unspecified atom stereocenters. The number of aliphatic hydroxyl groups is 1. The quantitative estimate of drug-likeness (QED) is 0.829. The third-order valence-corrected chi connectivity index (χ3v) is 5.50. The van der Waals surface area contributed by atoms with Crippen molar-refractivity contribution < 1.29 is 5.11 Å². The topological polar surface area (TPSA) is 52.7 Å². The van der Waals surface area contributed by atoms with Gasteiger partial charge < -0.3 is 15.7 Å². The fraction of sp³-hybridized carbons (Fsp3) is 0.400. The molecule has 1 aliphatic carbocycles. The molecule has 1 saturated heterocycles. The maximum atomic E-state index is 10.7. The number of rotatable bonds is 2. The number of hydrogen-bond acceptors (Lipinski definition) is 4. The van der Waals surface area contributed by atoms with Crippen molar-refractivity contribution in [3.05, 3.63) is 59.7 Å². The van der Waals surface area contributed by atoms with Crippen LogP contribution in [-0.2, 0) is 12.8 Å². The van der Waals surface area contributed by atoms with Gasteiger partial charge in [-0.3, -0.25) is 4.90 Å². The summed E-state index contributed by atoms with van der Waals surface area (Å²) in [6.07, 6.45) is 1.24. The number of aliphatic hydroxyl groups excluding tert-OH is 1. The highest BCUT2D eigenvalue weighted by atomic mass is 16.3. The molecule has 4 nitrogen and oxygen atoms in total. The van der Waals surface area contributed by atoms with Crippen LogP contribution < -0.4 is 10.6 Å². The summed E-state index contributed by atoms with van der Waals surface area (Å²) in [6, 6.07) is 16.9. The highest BCUT2D eigenvalue weighted by Crippen LogP contribution is 2.29. The first-order valence-electron chi connectivity index (χ1n) is 8.81. The first-order chi connectivity index (χ1) is 11.7. The number of nitrogens with zero attached hydrogens (tertiary/aromatic N) is 2. The number of para-hydroxylation sites is 1. The normalized spacial score (nSPS) is 24.6. The lowest BCUT2D eigenvalue weighted by atomic mass is 9.84. The Hall–Kier alpha value is -2.04. The molecule has 126 valence electrons. The van der Waals surface area contributed by atoms with Crippen molar-refractivity contribution >= 4 is 11.4 Å². The lowest BCUT2D eigenvalue weighted by molar-refractivity contribution is 0.0397. The summed E-state index contributed by atoms with van der Waals surface area (Å²) in [5, 5.41) is 10.7. The van der Waals surface area contributed by atoms with Crippen LogP contribution in [0.5, 0.6) is 0 Å². The van der Waals surface area contributed by atoms with E-state index in [0.717, 1.165) is 43.9 Å². The molecule has 0 radical (unpaired) electrons. The Morgan fingerprint density at radius 2 is 1.62 bits per heavy atom. The molecule has 24 heavy (non-hydrogen) atoms. The van der Waals surface area contributed by atoms with Crippen molar-refractivity contribution in [2.75, 3.05) is 36.8 Å². The lowest BCUT2D eigenvalue weighted by Crippen LogP contribution is -2.56. The third kappa shape index (κ3) is 2.87. The van der Waals surface area contributed by atoms with Gasteiger partial charge in [0.2, 0.25) is 0 Å². The number of hydrogen-bond donors (Lipinski definition) is 2. The van der Waals surface area contributed by atoms with Gasteiger partial charge in [0.25, 0.3) is 0 Å². The van der Waals surface area contributed by atoms with E-state index in [4.69, 9.17) is 5.73 Å². The zero-order valence-electron chi connectivity index (χ0n) is 13.9. The fourth-order valence-electron chi connectivity index (χ4n) is 4.12. The Bertz CT molecular complexity index is 695. The van der Waals surface area contributed by atoms with Crippen molar-refractivity contribution in [3.63, 3.8) is 0 Å². The van der Waals surface area contributed by atoms with Gasteiger partial charge >= 0.3 is 0 Å². The van der Waals surface area contributed by atoms with Crippen LogP contribution in [0.3, 0.4) is 0 Å². The molecule has 2 aromatic carbocycles. The summed E-state index contributed by atoms with van der Waals surface area (Å²) >= 11 is 0. The molecule has 4 heteroatoms. The van der Waals surface area contributed by atoms with Crippen molar-refractivity contribution in [2.24, 2.45) is 0 Å². The van der Waals surface area contributed by atoms with E-state index < -0.39 is 0 Å². The monoisotopic (exact) mass is 323 g/mol. The molecule has 0 aromatic heterocycles. The molecule has 2 aromatic rings. The molecule has 1 heterocycles. The highest BCUT2D eigenvalue weighted by molar-refractivity contribution is 5.53. The molecule has 2 aliphatic rings. The number of fused-ring (bicyclic) bond motifs is 1. The van der Waals surface area contributed by atoms with Crippen molar-refractivity contribution in [2.45, 2.75) is 25.0 Å². The molecule has 2 atom stereocenters. The summed E-state index contributed by atoms with van der Waals surface area (Å²) in [5.41, 5.74) is 10.6.